The number of aryl methyl sites for hydroxylation is 1. The van der Waals surface area contributed by atoms with E-state index in [9.17, 15) is 8.42 Å². The summed E-state index contributed by atoms with van der Waals surface area (Å²) in [6.07, 6.45) is 6.03. The van der Waals surface area contributed by atoms with Crippen molar-refractivity contribution in [1.29, 1.82) is 0 Å². The summed E-state index contributed by atoms with van der Waals surface area (Å²) < 4.78 is 33.6. The number of ether oxygens (including phenoxy) is 1. The summed E-state index contributed by atoms with van der Waals surface area (Å²) in [7, 11) is -2.13. The first-order valence-electron chi connectivity index (χ1n) is 9.22. The lowest BCUT2D eigenvalue weighted by Crippen LogP contribution is -2.39. The molecule has 0 saturated carbocycles. The Morgan fingerprint density at radius 1 is 1.22 bits per heavy atom. The first-order valence-corrected chi connectivity index (χ1v) is 10.7. The Kier molecular flexibility index (Phi) is 6.28. The first-order chi connectivity index (χ1) is 13.0. The van der Waals surface area contributed by atoms with Crippen molar-refractivity contribution in [3.05, 3.63) is 42.2 Å². The predicted molar refractivity (Wildman–Crippen MR) is 105 cm³/mol. The second-order valence-corrected chi connectivity index (χ2v) is 8.41. The minimum atomic E-state index is -3.61. The molecule has 1 fully saturated rings. The Morgan fingerprint density at radius 3 is 2.56 bits per heavy atom. The number of nitrogens with zero attached hydrogens (tertiary/aromatic N) is 3. The van der Waals surface area contributed by atoms with Gasteiger partial charge in [-0.15, -0.1) is 0 Å². The molecule has 1 aliphatic rings. The standard InChI is InChI=1S/C19H26N4O3S/c1-3-15-5-6-17(26-2)18(13-15)27(24,25)22-14-16-7-11-23(12-8-16)19-20-9-4-10-21-19/h4-6,9-10,13,16,22H,3,7-8,11-12,14H2,1-2H3. The lowest BCUT2D eigenvalue weighted by atomic mass is 9.97. The molecule has 1 aliphatic heterocycles. The maximum absolute atomic E-state index is 12.8. The van der Waals surface area contributed by atoms with E-state index in [1.807, 2.05) is 13.0 Å². The van der Waals surface area contributed by atoms with Crippen LogP contribution in [0.15, 0.2) is 41.6 Å². The fourth-order valence-electron chi connectivity index (χ4n) is 3.25. The Bertz CT molecular complexity index is 851. The maximum Gasteiger partial charge on any atom is 0.244 e. The second-order valence-electron chi connectivity index (χ2n) is 6.67. The van der Waals surface area contributed by atoms with Gasteiger partial charge >= 0.3 is 0 Å². The molecule has 1 saturated heterocycles. The number of anilines is 1. The summed E-state index contributed by atoms with van der Waals surface area (Å²) in [5.74, 6) is 1.40. The van der Waals surface area contributed by atoms with E-state index in [1.165, 1.54) is 7.11 Å². The van der Waals surface area contributed by atoms with E-state index in [2.05, 4.69) is 19.6 Å². The summed E-state index contributed by atoms with van der Waals surface area (Å²) >= 11 is 0. The van der Waals surface area contributed by atoms with Gasteiger partial charge in [0.15, 0.2) is 0 Å². The van der Waals surface area contributed by atoms with Gasteiger partial charge in [-0.2, -0.15) is 0 Å². The van der Waals surface area contributed by atoms with Crippen LogP contribution in [0.3, 0.4) is 0 Å². The van der Waals surface area contributed by atoms with Gasteiger partial charge in [-0.05, 0) is 48.9 Å². The molecule has 0 unspecified atom stereocenters. The van der Waals surface area contributed by atoms with E-state index in [-0.39, 0.29) is 4.90 Å². The minimum absolute atomic E-state index is 0.208. The van der Waals surface area contributed by atoms with Crippen LogP contribution in [0.1, 0.15) is 25.3 Å². The fourth-order valence-corrected chi connectivity index (χ4v) is 4.58. The number of benzene rings is 1. The van der Waals surface area contributed by atoms with Crippen LogP contribution in [0, 0.1) is 5.92 Å². The molecule has 27 heavy (non-hydrogen) atoms. The van der Waals surface area contributed by atoms with Crippen molar-refractivity contribution in [2.45, 2.75) is 31.1 Å². The fraction of sp³-hybridized carbons (Fsp3) is 0.474. The van der Waals surface area contributed by atoms with Crippen molar-refractivity contribution in [1.82, 2.24) is 14.7 Å². The van der Waals surface area contributed by atoms with Crippen LogP contribution >= 0.6 is 0 Å². The molecule has 0 bridgehead atoms. The highest BCUT2D eigenvalue weighted by Gasteiger charge is 2.25. The molecule has 146 valence electrons. The molecular formula is C19H26N4O3S. The van der Waals surface area contributed by atoms with Crippen molar-refractivity contribution in [2.75, 3.05) is 31.6 Å². The van der Waals surface area contributed by atoms with E-state index in [0.29, 0.717) is 18.2 Å². The van der Waals surface area contributed by atoms with Crippen LogP contribution in [0.2, 0.25) is 0 Å². The van der Waals surface area contributed by atoms with Crippen molar-refractivity contribution >= 4 is 16.0 Å². The minimum Gasteiger partial charge on any atom is -0.495 e. The van der Waals surface area contributed by atoms with Crippen molar-refractivity contribution in [3.63, 3.8) is 0 Å². The third kappa shape index (κ3) is 4.75. The Morgan fingerprint density at radius 2 is 1.93 bits per heavy atom. The zero-order valence-corrected chi connectivity index (χ0v) is 16.6. The molecule has 1 aromatic carbocycles. The van der Waals surface area contributed by atoms with Gasteiger partial charge in [-0.25, -0.2) is 23.1 Å². The molecule has 0 atom stereocenters. The van der Waals surface area contributed by atoms with Crippen LogP contribution < -0.4 is 14.4 Å². The molecular weight excluding hydrogens is 364 g/mol. The molecule has 1 aromatic heterocycles. The Labute approximate surface area is 160 Å². The molecule has 0 aliphatic carbocycles. The Hall–Kier alpha value is -2.19. The second kappa shape index (κ2) is 8.67. The van der Waals surface area contributed by atoms with Crippen LogP contribution in [0.25, 0.3) is 0 Å². The van der Waals surface area contributed by atoms with Gasteiger partial charge in [-0.3, -0.25) is 0 Å². The smallest absolute Gasteiger partial charge is 0.244 e. The lowest BCUT2D eigenvalue weighted by Gasteiger charge is -2.31. The van der Waals surface area contributed by atoms with Gasteiger partial charge in [0.05, 0.1) is 7.11 Å². The molecule has 2 heterocycles. The number of hydrogen-bond acceptors (Lipinski definition) is 6. The van der Waals surface area contributed by atoms with Crippen LogP contribution in [-0.2, 0) is 16.4 Å². The van der Waals surface area contributed by atoms with Gasteiger partial charge in [0.2, 0.25) is 16.0 Å². The van der Waals surface area contributed by atoms with Gasteiger partial charge < -0.3 is 9.64 Å². The van der Waals surface area contributed by atoms with Gasteiger partial charge in [0.1, 0.15) is 10.6 Å². The number of rotatable bonds is 7. The lowest BCUT2D eigenvalue weighted by molar-refractivity contribution is 0.394. The SMILES string of the molecule is CCc1ccc(OC)c(S(=O)(=O)NCC2CCN(c3ncccn3)CC2)c1. The average molecular weight is 391 g/mol. The zero-order chi connectivity index (χ0) is 19.3. The summed E-state index contributed by atoms with van der Waals surface area (Å²) in [6.45, 7) is 4.07. The highest BCUT2D eigenvalue weighted by Crippen LogP contribution is 2.26. The van der Waals surface area contributed by atoms with Gasteiger partial charge in [-0.1, -0.05) is 13.0 Å². The van der Waals surface area contributed by atoms with E-state index in [1.54, 1.807) is 30.6 Å². The third-order valence-electron chi connectivity index (χ3n) is 4.94. The van der Waals surface area contributed by atoms with Crippen molar-refractivity contribution < 1.29 is 13.2 Å². The molecule has 3 rings (SSSR count). The maximum atomic E-state index is 12.8. The van der Waals surface area contributed by atoms with E-state index >= 15 is 0 Å². The van der Waals surface area contributed by atoms with Gasteiger partial charge in [0.25, 0.3) is 0 Å². The first kappa shape index (κ1) is 19.6. The number of aromatic nitrogens is 2. The van der Waals surface area contributed by atoms with Crippen LogP contribution in [-0.4, -0.2) is 45.1 Å². The summed E-state index contributed by atoms with van der Waals surface area (Å²) in [5, 5.41) is 0. The molecule has 8 heteroatoms. The van der Waals surface area contributed by atoms with E-state index in [0.717, 1.165) is 43.9 Å². The molecule has 7 nitrogen and oxygen atoms in total. The topological polar surface area (TPSA) is 84.4 Å². The molecule has 2 aromatic rings. The third-order valence-corrected chi connectivity index (χ3v) is 6.38. The number of piperidine rings is 1. The Balaban J connectivity index is 1.60. The normalized spacial score (nSPS) is 15.7. The molecule has 0 amide bonds. The predicted octanol–water partition coefficient (Wildman–Crippen LogP) is 2.24. The van der Waals surface area contributed by atoms with Crippen molar-refractivity contribution in [2.24, 2.45) is 5.92 Å². The molecule has 1 N–H and O–H groups in total. The largest absolute Gasteiger partial charge is 0.495 e. The number of sulfonamides is 1. The average Bonchev–Trinajstić information content (AvgIpc) is 2.73. The summed E-state index contributed by atoms with van der Waals surface area (Å²) in [5.41, 5.74) is 0.965. The zero-order valence-electron chi connectivity index (χ0n) is 15.8. The van der Waals surface area contributed by atoms with Gasteiger partial charge in [0, 0.05) is 32.0 Å². The van der Waals surface area contributed by atoms with E-state index in [4.69, 9.17) is 4.74 Å². The monoisotopic (exact) mass is 390 g/mol. The van der Waals surface area contributed by atoms with Crippen LogP contribution in [0.5, 0.6) is 5.75 Å². The van der Waals surface area contributed by atoms with Crippen LogP contribution in [0.4, 0.5) is 5.95 Å². The molecule has 0 radical (unpaired) electrons. The quantitative estimate of drug-likeness (QED) is 0.781. The number of nitrogens with one attached hydrogen (secondary N) is 1. The molecule has 0 spiro atoms. The highest BCUT2D eigenvalue weighted by atomic mass is 32.2. The van der Waals surface area contributed by atoms with E-state index < -0.39 is 10.0 Å². The number of hydrogen-bond donors (Lipinski definition) is 1. The number of methoxy groups -OCH3 is 1. The highest BCUT2D eigenvalue weighted by molar-refractivity contribution is 7.89. The summed E-state index contributed by atoms with van der Waals surface area (Å²) in [4.78, 5) is 10.9. The van der Waals surface area contributed by atoms with Crippen molar-refractivity contribution in [3.8, 4) is 5.75 Å². The summed E-state index contributed by atoms with van der Waals surface area (Å²) in [6, 6.07) is 7.09.